The van der Waals surface area contributed by atoms with Crippen LogP contribution < -0.4 is 5.73 Å². The summed E-state index contributed by atoms with van der Waals surface area (Å²) in [4.78, 5) is 5.29. The van der Waals surface area contributed by atoms with Crippen LogP contribution in [-0.2, 0) is 6.42 Å². The van der Waals surface area contributed by atoms with E-state index >= 15 is 0 Å². The molecule has 0 aliphatic heterocycles. The molecule has 246 valence electrons. The lowest BCUT2D eigenvalue weighted by Crippen LogP contribution is -2.04. The third-order valence-corrected chi connectivity index (χ3v) is 10.9. The number of rotatable bonds is 5. The van der Waals surface area contributed by atoms with Gasteiger partial charge in [-0.25, -0.2) is 4.98 Å². The number of nitrogen functional groups attached to an aromatic ring is 1. The van der Waals surface area contributed by atoms with E-state index in [1.165, 1.54) is 65.4 Å². The number of hydrogen-bond donors (Lipinski definition) is 1. The smallest absolute Gasteiger partial charge is 0.0788 e. The van der Waals surface area contributed by atoms with Gasteiger partial charge in [0.15, 0.2) is 0 Å². The number of aromatic nitrogens is 1. The molecule has 0 spiro atoms. The van der Waals surface area contributed by atoms with Gasteiger partial charge < -0.3 is 5.73 Å². The van der Waals surface area contributed by atoms with Crippen molar-refractivity contribution in [2.24, 2.45) is 0 Å². The molecule has 1 aromatic heterocycles. The minimum Gasteiger partial charge on any atom is -0.398 e. The molecule has 0 amide bonds. The summed E-state index contributed by atoms with van der Waals surface area (Å²) in [6, 6.07) is 56.7. The Morgan fingerprint density at radius 1 is 0.577 bits per heavy atom. The van der Waals surface area contributed by atoms with Crippen molar-refractivity contribution in [2.75, 3.05) is 5.73 Å². The zero-order valence-corrected chi connectivity index (χ0v) is 28.8. The normalized spacial score (nSPS) is 14.5. The van der Waals surface area contributed by atoms with Crippen molar-refractivity contribution in [1.82, 2.24) is 4.98 Å². The molecule has 1 aliphatic rings. The van der Waals surface area contributed by atoms with Crippen LogP contribution in [0.5, 0.6) is 0 Å². The summed E-state index contributed by atoms with van der Waals surface area (Å²) >= 11 is 0. The number of nitrogens with zero attached hydrogens (tertiary/aromatic N) is 1. The zero-order valence-electron chi connectivity index (χ0n) is 28.8. The van der Waals surface area contributed by atoms with Crippen molar-refractivity contribution < 1.29 is 0 Å². The maximum atomic E-state index is 6.86. The SMILES string of the molecule is Nc1cc2ccccc2cc1-c1c(CC2=CC(c3cc4c(-c5ccccc5)nc5ccccc5c4c4ccccc34)CC=C2)ccc2ccccc12. The van der Waals surface area contributed by atoms with Gasteiger partial charge in [0, 0.05) is 38.9 Å². The number of benzene rings is 8. The molecule has 10 rings (SSSR count). The molecular formula is C50H36N2. The largest absolute Gasteiger partial charge is 0.398 e. The Morgan fingerprint density at radius 3 is 2.08 bits per heavy atom. The molecule has 0 saturated heterocycles. The van der Waals surface area contributed by atoms with Gasteiger partial charge in [-0.2, -0.15) is 0 Å². The van der Waals surface area contributed by atoms with E-state index in [1.807, 2.05) is 0 Å². The second kappa shape index (κ2) is 12.4. The van der Waals surface area contributed by atoms with Crippen LogP contribution in [0.3, 0.4) is 0 Å². The molecular weight excluding hydrogens is 629 g/mol. The van der Waals surface area contributed by atoms with Crippen molar-refractivity contribution in [3.63, 3.8) is 0 Å². The second-order valence-corrected chi connectivity index (χ2v) is 14.0. The predicted molar refractivity (Wildman–Crippen MR) is 222 cm³/mol. The average molecular weight is 665 g/mol. The molecule has 1 aliphatic carbocycles. The van der Waals surface area contributed by atoms with Crippen LogP contribution in [-0.4, -0.2) is 4.98 Å². The fourth-order valence-electron chi connectivity index (χ4n) is 8.53. The Kier molecular flexibility index (Phi) is 7.21. The van der Waals surface area contributed by atoms with Crippen molar-refractivity contribution in [2.45, 2.75) is 18.8 Å². The minimum atomic E-state index is 0.221. The van der Waals surface area contributed by atoms with Crippen LogP contribution >= 0.6 is 0 Å². The first-order chi connectivity index (χ1) is 25.7. The Bertz CT molecular complexity index is 2920. The molecule has 8 aromatic carbocycles. The van der Waals surface area contributed by atoms with Crippen LogP contribution in [0.4, 0.5) is 5.69 Å². The molecule has 52 heavy (non-hydrogen) atoms. The number of anilines is 1. The quantitative estimate of drug-likeness (QED) is 0.147. The van der Waals surface area contributed by atoms with E-state index < -0.39 is 0 Å². The first-order valence-corrected chi connectivity index (χ1v) is 18.2. The maximum absolute atomic E-state index is 6.86. The van der Waals surface area contributed by atoms with E-state index in [4.69, 9.17) is 10.7 Å². The maximum Gasteiger partial charge on any atom is 0.0788 e. The highest BCUT2D eigenvalue weighted by Gasteiger charge is 2.21. The van der Waals surface area contributed by atoms with E-state index in [-0.39, 0.29) is 5.92 Å². The topological polar surface area (TPSA) is 38.9 Å². The molecule has 2 nitrogen and oxygen atoms in total. The summed E-state index contributed by atoms with van der Waals surface area (Å²) in [6.45, 7) is 0. The summed E-state index contributed by atoms with van der Waals surface area (Å²) in [5.74, 6) is 0.221. The van der Waals surface area contributed by atoms with E-state index in [2.05, 4.69) is 176 Å². The number of para-hydroxylation sites is 1. The predicted octanol–water partition coefficient (Wildman–Crippen LogP) is 13.0. The summed E-state index contributed by atoms with van der Waals surface area (Å²) < 4.78 is 0. The van der Waals surface area contributed by atoms with Gasteiger partial charge in [-0.15, -0.1) is 0 Å². The Hall–Kier alpha value is -6.51. The first-order valence-electron chi connectivity index (χ1n) is 18.2. The van der Waals surface area contributed by atoms with Crippen LogP contribution in [0.25, 0.3) is 76.4 Å². The number of pyridine rings is 1. The molecule has 9 aromatic rings. The van der Waals surface area contributed by atoms with Crippen LogP contribution in [0.1, 0.15) is 23.5 Å². The van der Waals surface area contributed by atoms with Crippen molar-refractivity contribution in [3.8, 4) is 22.4 Å². The number of hydrogen-bond acceptors (Lipinski definition) is 2. The second-order valence-electron chi connectivity index (χ2n) is 14.0. The summed E-state index contributed by atoms with van der Waals surface area (Å²) in [7, 11) is 0. The highest BCUT2D eigenvalue weighted by molar-refractivity contribution is 6.23. The average Bonchev–Trinajstić information content (AvgIpc) is 3.20. The van der Waals surface area contributed by atoms with Gasteiger partial charge in [-0.05, 0) is 91.7 Å². The molecule has 2 heteroatoms. The van der Waals surface area contributed by atoms with Gasteiger partial charge in [-0.1, -0.05) is 152 Å². The Labute approximate surface area is 303 Å². The Balaban J connectivity index is 1.14. The van der Waals surface area contributed by atoms with Crippen molar-refractivity contribution in [3.05, 3.63) is 193 Å². The lowest BCUT2D eigenvalue weighted by Gasteiger charge is -2.23. The van der Waals surface area contributed by atoms with E-state index in [1.54, 1.807) is 0 Å². The molecule has 1 unspecified atom stereocenters. The van der Waals surface area contributed by atoms with Gasteiger partial charge in [0.25, 0.3) is 0 Å². The third kappa shape index (κ3) is 5.07. The van der Waals surface area contributed by atoms with Gasteiger partial charge in [0.1, 0.15) is 0 Å². The highest BCUT2D eigenvalue weighted by atomic mass is 14.7. The minimum absolute atomic E-state index is 0.221. The highest BCUT2D eigenvalue weighted by Crippen LogP contribution is 2.43. The standard InChI is InChI=1S/C50H36N2/c51-46-30-36-18-5-4-17-35(36)29-44(46)48-38(26-25-33-14-6-7-20-39(33)48)28-32-13-12-19-37(27-32)43-31-45-49(41-22-9-8-21-40(41)43)42-23-10-11-24-47(42)52-50(45)34-15-2-1-3-16-34/h1-18,20-27,29-31,37H,19,28,51H2. The zero-order chi connectivity index (χ0) is 34.6. The lowest BCUT2D eigenvalue weighted by molar-refractivity contribution is 0.845. The number of nitrogens with two attached hydrogens (primary N) is 1. The fraction of sp³-hybridized carbons (Fsp3) is 0.0600. The summed E-state index contributed by atoms with van der Waals surface area (Å²) in [6.07, 6.45) is 8.95. The molecule has 0 radical (unpaired) electrons. The molecule has 0 fully saturated rings. The molecule has 1 heterocycles. The molecule has 0 saturated carbocycles. The Morgan fingerprint density at radius 2 is 1.25 bits per heavy atom. The first kappa shape index (κ1) is 30.3. The summed E-state index contributed by atoms with van der Waals surface area (Å²) in [5.41, 5.74) is 17.1. The monoisotopic (exact) mass is 664 g/mol. The fourth-order valence-corrected chi connectivity index (χ4v) is 8.53. The van der Waals surface area contributed by atoms with E-state index in [0.29, 0.717) is 0 Å². The number of allylic oxidation sites excluding steroid dienone is 4. The summed E-state index contributed by atoms with van der Waals surface area (Å²) in [5, 5.41) is 11.0. The van der Waals surface area contributed by atoms with Crippen molar-refractivity contribution in [1.29, 1.82) is 0 Å². The molecule has 1 atom stereocenters. The van der Waals surface area contributed by atoms with Gasteiger partial charge in [0.05, 0.1) is 11.2 Å². The van der Waals surface area contributed by atoms with Gasteiger partial charge in [-0.3, -0.25) is 0 Å². The van der Waals surface area contributed by atoms with Crippen molar-refractivity contribution >= 4 is 59.7 Å². The van der Waals surface area contributed by atoms with Crippen LogP contribution in [0.2, 0.25) is 0 Å². The van der Waals surface area contributed by atoms with E-state index in [0.717, 1.165) is 46.3 Å². The molecule has 0 bridgehead atoms. The molecule has 2 N–H and O–H groups in total. The third-order valence-electron chi connectivity index (χ3n) is 10.9. The van der Waals surface area contributed by atoms with E-state index in [9.17, 15) is 0 Å². The van der Waals surface area contributed by atoms with Gasteiger partial charge >= 0.3 is 0 Å². The van der Waals surface area contributed by atoms with Crippen LogP contribution in [0.15, 0.2) is 182 Å². The number of fused-ring (bicyclic) bond motifs is 7. The van der Waals surface area contributed by atoms with Gasteiger partial charge in [0.2, 0.25) is 0 Å². The lowest BCUT2D eigenvalue weighted by atomic mass is 9.82. The van der Waals surface area contributed by atoms with Crippen LogP contribution in [0, 0.1) is 0 Å².